The van der Waals surface area contributed by atoms with Crippen molar-refractivity contribution in [3.05, 3.63) is 30.3 Å². The summed E-state index contributed by atoms with van der Waals surface area (Å²) in [5.41, 5.74) is 0. The molecule has 0 spiro atoms. The van der Waals surface area contributed by atoms with E-state index in [1.807, 2.05) is 18.2 Å². The van der Waals surface area contributed by atoms with Crippen LogP contribution in [0.1, 0.15) is 13.3 Å². The molecule has 0 radical (unpaired) electrons. The molecule has 1 aliphatic carbocycles. The molecule has 0 aromatic heterocycles. The van der Waals surface area contributed by atoms with Crippen molar-refractivity contribution in [1.29, 1.82) is 0 Å². The van der Waals surface area contributed by atoms with Gasteiger partial charge >= 0.3 is 127 Å². The summed E-state index contributed by atoms with van der Waals surface area (Å²) in [5.74, 6) is -0.0536. The molecule has 3 nitrogen and oxygen atoms in total. The van der Waals surface area contributed by atoms with Crippen molar-refractivity contribution in [2.45, 2.75) is 29.0 Å². The molecule has 1 aromatic carbocycles. The number of carbonyl (C=O) groups excluding carboxylic acids is 2. The van der Waals surface area contributed by atoms with Gasteiger partial charge in [0, 0.05) is 0 Å². The summed E-state index contributed by atoms with van der Waals surface area (Å²) < 4.78 is 1.32. The number of halogens is 1. The van der Waals surface area contributed by atoms with Crippen LogP contribution >= 0.6 is 15.9 Å². The molecule has 0 unspecified atom stereocenters. The average Bonchev–Trinajstić information content (AvgIpc) is 2.87. The van der Waals surface area contributed by atoms with Crippen LogP contribution in [0.25, 0.3) is 0 Å². The van der Waals surface area contributed by atoms with Crippen LogP contribution in [-0.2, 0) is 9.59 Å². The minimum atomic E-state index is -0.118. The Kier molecular flexibility index (Phi) is 3.54. The fourth-order valence-electron chi connectivity index (χ4n) is 2.99. The molecule has 4 atom stereocenters. The Morgan fingerprint density at radius 2 is 2.05 bits per heavy atom. The molecule has 19 heavy (non-hydrogen) atoms. The zero-order chi connectivity index (χ0) is 13.6. The van der Waals surface area contributed by atoms with Crippen LogP contribution in [0, 0.1) is 5.92 Å². The van der Waals surface area contributed by atoms with Gasteiger partial charge in [0.05, 0.1) is 0 Å². The van der Waals surface area contributed by atoms with Crippen LogP contribution in [0.2, 0.25) is 4.82 Å². The molecular weight excluding hydrogens is 373 g/mol. The molecule has 1 heterocycles. The number of nitrogens with zero attached hydrogens (tertiary/aromatic N) is 1. The molecule has 5 heteroatoms. The van der Waals surface area contributed by atoms with Gasteiger partial charge in [0.25, 0.3) is 0 Å². The zero-order valence-corrected chi connectivity index (χ0v) is 13.8. The van der Waals surface area contributed by atoms with Gasteiger partial charge in [-0.25, -0.2) is 0 Å². The van der Waals surface area contributed by atoms with Crippen LogP contribution in [0.4, 0.5) is 0 Å². The monoisotopic (exact) mass is 387 g/mol. The van der Waals surface area contributed by atoms with Crippen molar-refractivity contribution in [2.75, 3.05) is 0 Å². The maximum atomic E-state index is 12.2. The summed E-state index contributed by atoms with van der Waals surface area (Å²) in [6, 6.07) is 10.4. The Morgan fingerprint density at radius 3 is 2.68 bits per heavy atom. The van der Waals surface area contributed by atoms with E-state index in [2.05, 4.69) is 28.1 Å². The van der Waals surface area contributed by atoms with Gasteiger partial charge in [-0.05, 0) is 0 Å². The third-order valence-electron chi connectivity index (χ3n) is 3.81. The Labute approximate surface area is 127 Å². The number of fused-ring (bicyclic) bond motifs is 2. The van der Waals surface area contributed by atoms with Crippen molar-refractivity contribution in [3.63, 3.8) is 0 Å². The van der Waals surface area contributed by atoms with Crippen LogP contribution < -0.4 is 4.46 Å². The van der Waals surface area contributed by atoms with E-state index in [9.17, 15) is 9.59 Å². The van der Waals surface area contributed by atoms with Crippen molar-refractivity contribution < 1.29 is 9.59 Å². The van der Waals surface area contributed by atoms with E-state index in [0.29, 0.717) is 4.82 Å². The van der Waals surface area contributed by atoms with Gasteiger partial charge in [-0.2, -0.15) is 0 Å². The van der Waals surface area contributed by atoms with Gasteiger partial charge < -0.3 is 0 Å². The minimum absolute atomic E-state index is 0.0264. The number of hydrogen-bond donors (Lipinski definition) is 0. The van der Waals surface area contributed by atoms with Crippen molar-refractivity contribution in [3.8, 4) is 0 Å². The summed E-state index contributed by atoms with van der Waals surface area (Å²) >= 11 is 4.00. The molecule has 0 N–H and O–H groups in total. The number of piperidine rings is 1. The van der Waals surface area contributed by atoms with Gasteiger partial charge in [0.15, 0.2) is 0 Å². The van der Waals surface area contributed by atoms with E-state index in [1.54, 1.807) is 0 Å². The summed E-state index contributed by atoms with van der Waals surface area (Å²) in [7, 11) is 0. The standard InChI is InChI=1S/C14H14BrNO2Se/c1-8(17)16-11-7-10(14(16)18)13(12(11)15)19-9-5-3-2-4-6-9/h2-6,10-13H,7H2,1H3/t10-,11+,12-,13-/m1/s1. The third-order valence-corrected chi connectivity index (χ3v) is 8.80. The Morgan fingerprint density at radius 1 is 1.37 bits per heavy atom. The predicted molar refractivity (Wildman–Crippen MR) is 77.7 cm³/mol. The number of amides is 2. The molecule has 1 saturated heterocycles. The second kappa shape index (κ2) is 5.04. The number of alkyl halides is 1. The zero-order valence-electron chi connectivity index (χ0n) is 10.5. The molecule has 2 amide bonds. The van der Waals surface area contributed by atoms with E-state index >= 15 is 0 Å². The first-order valence-corrected chi connectivity index (χ1v) is 9.05. The van der Waals surface area contributed by atoms with Gasteiger partial charge in [0.1, 0.15) is 0 Å². The first-order valence-electron chi connectivity index (χ1n) is 6.29. The van der Waals surface area contributed by atoms with Gasteiger partial charge in [-0.15, -0.1) is 0 Å². The summed E-state index contributed by atoms with van der Waals surface area (Å²) in [6.45, 7) is 1.48. The molecule has 1 saturated carbocycles. The van der Waals surface area contributed by atoms with Crippen molar-refractivity contribution in [2.24, 2.45) is 5.92 Å². The Bertz CT molecular complexity index is 521. The van der Waals surface area contributed by atoms with E-state index in [4.69, 9.17) is 0 Å². The molecular formula is C14H14BrNO2Se. The normalized spacial score (nSPS) is 32.9. The molecule has 2 fully saturated rings. The van der Waals surface area contributed by atoms with Gasteiger partial charge in [0.2, 0.25) is 0 Å². The molecule has 3 rings (SSSR count). The number of rotatable bonds is 2. The number of hydrogen-bond acceptors (Lipinski definition) is 2. The van der Waals surface area contributed by atoms with Crippen LogP contribution in [-0.4, -0.2) is 42.5 Å². The Balaban J connectivity index is 1.80. The maximum absolute atomic E-state index is 12.2. The molecule has 1 aliphatic heterocycles. The summed E-state index contributed by atoms with van der Waals surface area (Å²) in [6.07, 6.45) is 0.827. The van der Waals surface area contributed by atoms with Crippen molar-refractivity contribution in [1.82, 2.24) is 4.90 Å². The van der Waals surface area contributed by atoms with Gasteiger partial charge in [-0.3, -0.25) is 0 Å². The third kappa shape index (κ3) is 2.18. The summed E-state index contributed by atoms with van der Waals surface area (Å²) in [4.78, 5) is 25.9. The second-order valence-corrected chi connectivity index (χ2v) is 8.66. The quantitative estimate of drug-likeness (QED) is 0.568. The number of carbonyl (C=O) groups is 2. The molecule has 1 aromatic rings. The van der Waals surface area contributed by atoms with Crippen LogP contribution in [0.3, 0.4) is 0 Å². The van der Waals surface area contributed by atoms with Crippen LogP contribution in [0.5, 0.6) is 0 Å². The predicted octanol–water partition coefficient (Wildman–Crippen LogP) is 1.35. The first kappa shape index (κ1) is 13.3. The van der Waals surface area contributed by atoms with E-state index in [-0.39, 0.29) is 43.6 Å². The van der Waals surface area contributed by atoms with E-state index in [0.717, 1.165) is 6.42 Å². The van der Waals surface area contributed by atoms with E-state index in [1.165, 1.54) is 16.3 Å². The SMILES string of the molecule is CC(=O)N1C(=O)[C@@H]2C[C@H]1[C@@H](Br)[C@@H]2[Se]c1ccccc1. The van der Waals surface area contributed by atoms with E-state index < -0.39 is 0 Å². The van der Waals surface area contributed by atoms with Crippen molar-refractivity contribution >= 4 is 47.2 Å². The fourth-order valence-corrected chi connectivity index (χ4v) is 7.16. The first-order chi connectivity index (χ1) is 9.09. The van der Waals surface area contributed by atoms with Crippen LogP contribution in [0.15, 0.2) is 30.3 Å². The second-order valence-electron chi connectivity index (χ2n) is 4.98. The molecule has 2 aliphatic rings. The average molecular weight is 387 g/mol. The number of benzene rings is 1. The van der Waals surface area contributed by atoms with Gasteiger partial charge in [-0.1, -0.05) is 0 Å². The number of imide groups is 1. The fraction of sp³-hybridized carbons (Fsp3) is 0.429. The topological polar surface area (TPSA) is 37.4 Å². The Hall–Kier alpha value is -0.641. The molecule has 100 valence electrons. The number of likely N-dealkylation sites (tertiary alicyclic amines) is 1. The summed E-state index contributed by atoms with van der Waals surface area (Å²) in [5, 5.41) is 0. The molecule has 2 bridgehead atoms.